The average Bonchev–Trinajstić information content (AvgIpc) is 3.68. The van der Waals surface area contributed by atoms with Crippen molar-refractivity contribution in [1.29, 1.82) is 0 Å². The van der Waals surface area contributed by atoms with Gasteiger partial charge in [-0.25, -0.2) is 16.8 Å². The number of rotatable bonds is 8. The van der Waals surface area contributed by atoms with Crippen molar-refractivity contribution in [3.63, 3.8) is 0 Å². The van der Waals surface area contributed by atoms with E-state index in [0.29, 0.717) is 16.5 Å². The van der Waals surface area contributed by atoms with Crippen molar-refractivity contribution in [3.8, 4) is 0 Å². The Balaban J connectivity index is 0.000000270. The van der Waals surface area contributed by atoms with Crippen molar-refractivity contribution in [1.82, 2.24) is 10.3 Å². The minimum absolute atomic E-state index is 0.0209. The number of nitrogens with one attached hydrogen (secondary N) is 2. The largest absolute Gasteiger partial charge is 0.359 e. The minimum Gasteiger partial charge on any atom is -0.359 e. The zero-order valence-electron chi connectivity index (χ0n) is 30.1. The summed E-state index contributed by atoms with van der Waals surface area (Å²) in [4.78, 5) is 25.3. The molecule has 12 nitrogen and oxygen atoms in total. The Morgan fingerprint density at radius 1 is 0.600 bits per heavy atom. The van der Waals surface area contributed by atoms with Gasteiger partial charge in [0.1, 0.15) is 21.0 Å². The van der Waals surface area contributed by atoms with Crippen molar-refractivity contribution in [2.75, 3.05) is 10.6 Å². The molecule has 2 N–H and O–H groups in total. The normalized spacial score (nSPS) is 12.9. The Morgan fingerprint density at radius 2 is 0.920 bits per heavy atom. The summed E-state index contributed by atoms with van der Waals surface area (Å²) >= 11 is 5.79. The average molecular weight is 749 g/mol. The van der Waals surface area contributed by atoms with Crippen LogP contribution in [-0.4, -0.2) is 48.5 Å². The number of hydrogen-bond acceptors (Lipinski definition) is 10. The standard InChI is InChI=1S/C18H24N2O4S.C17H21ClN2O4S/c1-12-7-9-13(10-8-12)25(22,23)18(5,6)16(21)19-15-11-14(24-20-15)17(2,3)4;1-16(2,3)13-10-14(20-24-13)19-15(21)17(4,5)25(22,23)12-8-6-11(18)7-9-12/h7-11H,1-6H3,(H,19,20,21);6-10H,1-5H3,(H,19,20,21). The molecule has 0 spiro atoms. The number of amides is 2. The topological polar surface area (TPSA) is 179 Å². The van der Waals surface area contributed by atoms with Crippen LogP contribution in [0, 0.1) is 6.92 Å². The van der Waals surface area contributed by atoms with Gasteiger partial charge in [0.25, 0.3) is 0 Å². The van der Waals surface area contributed by atoms with Crippen molar-refractivity contribution in [3.05, 3.63) is 82.8 Å². The van der Waals surface area contributed by atoms with Gasteiger partial charge in [0.15, 0.2) is 31.3 Å². The molecule has 0 fully saturated rings. The summed E-state index contributed by atoms with van der Waals surface area (Å²) in [6, 6.07) is 15.3. The monoisotopic (exact) mass is 748 g/mol. The molecular formula is C35H45ClN4O8S2. The number of aromatic nitrogens is 2. The van der Waals surface area contributed by atoms with Gasteiger partial charge in [-0.05, 0) is 71.0 Å². The van der Waals surface area contributed by atoms with E-state index in [1.807, 2.05) is 48.5 Å². The van der Waals surface area contributed by atoms with Gasteiger partial charge in [-0.1, -0.05) is 81.2 Å². The highest BCUT2D eigenvalue weighted by Crippen LogP contribution is 2.31. The fraction of sp³-hybridized carbons (Fsp3) is 0.429. The van der Waals surface area contributed by atoms with Crippen LogP contribution in [-0.2, 0) is 40.1 Å². The Morgan fingerprint density at radius 3 is 1.22 bits per heavy atom. The predicted molar refractivity (Wildman–Crippen MR) is 193 cm³/mol. The number of carbonyl (C=O) groups is 2. The first kappa shape index (κ1) is 40.4. The SMILES string of the molecule is CC(C)(C)c1cc(NC(=O)C(C)(C)S(=O)(=O)c2ccc(Cl)cc2)no1.Cc1ccc(S(=O)(=O)C(C)(C)C(=O)Nc2cc(C(C)(C)C)on2)cc1. The third kappa shape index (κ3) is 8.82. The van der Waals surface area contributed by atoms with Gasteiger partial charge in [-0.15, -0.1) is 0 Å². The molecule has 0 saturated heterocycles. The van der Waals surface area contributed by atoms with Crippen LogP contribution in [0.15, 0.2) is 79.5 Å². The van der Waals surface area contributed by atoms with Crippen molar-refractivity contribution < 1.29 is 35.5 Å². The van der Waals surface area contributed by atoms with Gasteiger partial charge in [0.05, 0.1) is 9.79 Å². The molecule has 0 aliphatic rings. The molecule has 0 atom stereocenters. The Hall–Kier alpha value is -4.01. The van der Waals surface area contributed by atoms with Gasteiger partial charge in [-0.2, -0.15) is 0 Å². The molecule has 0 aliphatic carbocycles. The molecule has 50 heavy (non-hydrogen) atoms. The third-order valence-electron chi connectivity index (χ3n) is 7.87. The molecule has 2 aromatic carbocycles. The lowest BCUT2D eigenvalue weighted by Crippen LogP contribution is -2.44. The number of nitrogens with zero attached hydrogens (tertiary/aromatic N) is 2. The van der Waals surface area contributed by atoms with E-state index in [2.05, 4.69) is 20.9 Å². The summed E-state index contributed by atoms with van der Waals surface area (Å²) in [5, 5.41) is 13.1. The fourth-order valence-corrected chi connectivity index (χ4v) is 6.96. The molecule has 0 saturated carbocycles. The van der Waals surface area contributed by atoms with Crippen molar-refractivity contribution in [2.24, 2.45) is 0 Å². The van der Waals surface area contributed by atoms with E-state index in [9.17, 15) is 26.4 Å². The van der Waals surface area contributed by atoms with E-state index in [0.717, 1.165) is 5.56 Å². The van der Waals surface area contributed by atoms with Crippen LogP contribution in [0.3, 0.4) is 0 Å². The molecule has 0 aliphatic heterocycles. The lowest BCUT2D eigenvalue weighted by atomic mass is 9.93. The van der Waals surface area contributed by atoms with Gasteiger partial charge < -0.3 is 19.7 Å². The number of benzene rings is 2. The molecule has 0 radical (unpaired) electrons. The van der Waals surface area contributed by atoms with E-state index in [1.165, 1.54) is 64.1 Å². The zero-order chi connectivity index (χ0) is 38.1. The van der Waals surface area contributed by atoms with Gasteiger partial charge in [-0.3, -0.25) is 9.59 Å². The third-order valence-corrected chi connectivity index (χ3v) is 13.0. The van der Waals surface area contributed by atoms with Crippen LogP contribution in [0.25, 0.3) is 0 Å². The maximum Gasteiger partial charge on any atom is 0.246 e. The van der Waals surface area contributed by atoms with Crippen LogP contribution in [0.5, 0.6) is 0 Å². The van der Waals surface area contributed by atoms with Crippen LogP contribution in [0.2, 0.25) is 5.02 Å². The predicted octanol–water partition coefficient (Wildman–Crippen LogP) is 7.29. The van der Waals surface area contributed by atoms with Crippen LogP contribution >= 0.6 is 11.6 Å². The Bertz CT molecular complexity index is 1900. The van der Waals surface area contributed by atoms with E-state index >= 15 is 0 Å². The van der Waals surface area contributed by atoms with Crippen LogP contribution in [0.4, 0.5) is 11.6 Å². The highest BCUT2D eigenvalue weighted by Gasteiger charge is 2.44. The molecule has 2 heterocycles. The Kier molecular flexibility index (Phi) is 11.6. The molecule has 272 valence electrons. The Labute approximate surface area is 299 Å². The molecule has 2 aromatic heterocycles. The van der Waals surface area contributed by atoms with Crippen LogP contribution < -0.4 is 10.6 Å². The lowest BCUT2D eigenvalue weighted by molar-refractivity contribution is -0.118. The quantitative estimate of drug-likeness (QED) is 0.186. The second-order valence-electron chi connectivity index (χ2n) is 14.9. The smallest absolute Gasteiger partial charge is 0.246 e. The van der Waals surface area contributed by atoms with Gasteiger partial charge in [0, 0.05) is 28.0 Å². The van der Waals surface area contributed by atoms with Crippen molar-refractivity contribution in [2.45, 2.75) is 106 Å². The number of hydrogen-bond donors (Lipinski definition) is 2. The van der Waals surface area contributed by atoms with E-state index in [4.69, 9.17) is 20.6 Å². The summed E-state index contributed by atoms with van der Waals surface area (Å²) in [6.45, 7) is 19.0. The number of carbonyl (C=O) groups excluding carboxylic acids is 2. The summed E-state index contributed by atoms with van der Waals surface area (Å²) in [5.74, 6) is 0.192. The first-order chi connectivity index (χ1) is 22.7. The van der Waals surface area contributed by atoms with Crippen molar-refractivity contribution >= 4 is 54.7 Å². The molecular weight excluding hydrogens is 704 g/mol. The number of halogens is 1. The lowest BCUT2D eigenvalue weighted by Gasteiger charge is -2.23. The van der Waals surface area contributed by atoms with E-state index < -0.39 is 41.0 Å². The number of sulfone groups is 2. The molecule has 15 heteroatoms. The summed E-state index contributed by atoms with van der Waals surface area (Å²) in [7, 11) is -7.79. The van der Waals surface area contributed by atoms with Gasteiger partial charge >= 0.3 is 0 Å². The minimum atomic E-state index is -3.93. The highest BCUT2D eigenvalue weighted by atomic mass is 35.5. The number of aryl methyl sites for hydroxylation is 1. The van der Waals surface area contributed by atoms with Gasteiger partial charge in [0.2, 0.25) is 11.8 Å². The molecule has 4 rings (SSSR count). The summed E-state index contributed by atoms with van der Waals surface area (Å²) in [6.07, 6.45) is 0. The molecule has 2 amide bonds. The fourth-order valence-electron chi connectivity index (χ4n) is 4.07. The molecule has 0 unspecified atom stereocenters. The molecule has 4 aromatic rings. The maximum absolute atomic E-state index is 12.9. The van der Waals surface area contributed by atoms with E-state index in [-0.39, 0.29) is 32.3 Å². The maximum atomic E-state index is 12.9. The zero-order valence-corrected chi connectivity index (χ0v) is 32.5. The second-order valence-corrected chi connectivity index (χ2v) is 20.3. The first-order valence-corrected chi connectivity index (χ1v) is 18.9. The highest BCUT2D eigenvalue weighted by molar-refractivity contribution is 7.94. The summed E-state index contributed by atoms with van der Waals surface area (Å²) < 4.78 is 58.4. The van der Waals surface area contributed by atoms with E-state index in [1.54, 1.807) is 24.3 Å². The first-order valence-electron chi connectivity index (χ1n) is 15.6. The van der Waals surface area contributed by atoms with Crippen LogP contribution in [0.1, 0.15) is 86.3 Å². The summed E-state index contributed by atoms with van der Waals surface area (Å²) in [5.41, 5.74) is 0.402. The molecule has 0 bridgehead atoms. The number of anilines is 2. The second kappa shape index (κ2) is 14.3.